The molecule has 0 saturated carbocycles. The first-order chi connectivity index (χ1) is 6.39. The second-order valence-electron chi connectivity index (χ2n) is 2.73. The Balaban J connectivity index is 2.65. The normalized spacial score (nSPS) is 13.7. The van der Waals surface area contributed by atoms with E-state index >= 15 is 0 Å². The molecule has 0 amide bonds. The summed E-state index contributed by atoms with van der Waals surface area (Å²) in [4.78, 5) is 3.58. The minimum Gasteiger partial charge on any atom is -0.465 e. The molecule has 2 nitrogen and oxygen atoms in total. The predicted octanol–water partition coefficient (Wildman–Crippen LogP) is 1.21. The van der Waals surface area contributed by atoms with Gasteiger partial charge in [0.1, 0.15) is 7.85 Å². The molecule has 1 atom stereocenters. The molecule has 1 aromatic rings. The van der Waals surface area contributed by atoms with Crippen LogP contribution in [0.15, 0.2) is 18.3 Å². The molecule has 14 heavy (non-hydrogen) atoms. The molecule has 0 fully saturated rings. The van der Waals surface area contributed by atoms with Crippen molar-refractivity contribution in [3.63, 3.8) is 0 Å². The van der Waals surface area contributed by atoms with Crippen LogP contribution in [-0.2, 0) is 0 Å². The maximum absolute atomic E-state index is 12.0. The fraction of sp³-hybridized carbons (Fsp3) is 0.375. The summed E-state index contributed by atoms with van der Waals surface area (Å²) in [5, 5.41) is 0. The van der Waals surface area contributed by atoms with Crippen molar-refractivity contribution in [1.29, 1.82) is 0 Å². The molecule has 0 unspecified atom stereocenters. The topological polar surface area (TPSA) is 22.1 Å². The molecule has 0 aliphatic heterocycles. The molecule has 1 aromatic heterocycles. The van der Waals surface area contributed by atoms with Gasteiger partial charge in [-0.2, -0.15) is 13.2 Å². The zero-order chi connectivity index (χ0) is 10.8. The number of nitrogens with zero attached hydrogens (tertiary/aromatic N) is 1. The summed E-state index contributed by atoms with van der Waals surface area (Å²) in [6.07, 6.45) is -5.03. The van der Waals surface area contributed by atoms with Crippen molar-refractivity contribution in [2.24, 2.45) is 0 Å². The van der Waals surface area contributed by atoms with Gasteiger partial charge < -0.3 is 4.74 Å². The van der Waals surface area contributed by atoms with Gasteiger partial charge in [0.25, 0.3) is 0 Å². The van der Waals surface area contributed by atoms with E-state index in [1.165, 1.54) is 18.3 Å². The van der Waals surface area contributed by atoms with Crippen LogP contribution in [0, 0.1) is 0 Å². The number of ether oxygens (including phenoxy) is 1. The van der Waals surface area contributed by atoms with Crippen LogP contribution in [0.3, 0.4) is 0 Å². The standard InChI is InChI=1S/C8H7BF3NO/c1-5(8(10,11)12)14-7-3-2-6(9)4-13-7/h2-5H,1H3/t5-/m0/s1. The quantitative estimate of drug-likeness (QED) is 0.670. The van der Waals surface area contributed by atoms with E-state index in [9.17, 15) is 13.2 Å². The molecule has 0 aliphatic carbocycles. The van der Waals surface area contributed by atoms with Crippen LogP contribution < -0.4 is 10.2 Å². The first-order valence-corrected chi connectivity index (χ1v) is 3.84. The third kappa shape index (κ3) is 2.94. The lowest BCUT2D eigenvalue weighted by atomic mass is 9.99. The fourth-order valence-corrected chi connectivity index (χ4v) is 0.709. The van der Waals surface area contributed by atoms with E-state index in [-0.39, 0.29) is 5.88 Å². The Morgan fingerprint density at radius 2 is 2.07 bits per heavy atom. The van der Waals surface area contributed by atoms with E-state index in [1.54, 1.807) is 0 Å². The molecule has 0 aliphatic rings. The molecule has 0 N–H and O–H groups in total. The number of hydrogen-bond donors (Lipinski definition) is 0. The van der Waals surface area contributed by atoms with Gasteiger partial charge in [0.15, 0.2) is 6.10 Å². The lowest BCUT2D eigenvalue weighted by molar-refractivity contribution is -0.189. The van der Waals surface area contributed by atoms with E-state index in [0.29, 0.717) is 5.46 Å². The monoisotopic (exact) mass is 201 g/mol. The average Bonchev–Trinajstić information content (AvgIpc) is 2.07. The third-order valence-corrected chi connectivity index (χ3v) is 1.52. The van der Waals surface area contributed by atoms with Gasteiger partial charge >= 0.3 is 6.18 Å². The number of halogens is 3. The maximum atomic E-state index is 12.0. The van der Waals surface area contributed by atoms with Crippen molar-refractivity contribution in [1.82, 2.24) is 4.98 Å². The molecule has 0 spiro atoms. The Labute approximate surface area is 80.5 Å². The van der Waals surface area contributed by atoms with Crippen LogP contribution in [0.5, 0.6) is 5.88 Å². The molecule has 1 heterocycles. The van der Waals surface area contributed by atoms with Crippen molar-refractivity contribution in [2.75, 3.05) is 0 Å². The van der Waals surface area contributed by atoms with Gasteiger partial charge in [-0.25, -0.2) is 4.98 Å². The molecule has 0 saturated heterocycles. The van der Waals surface area contributed by atoms with Gasteiger partial charge in [-0.15, -0.1) is 0 Å². The summed E-state index contributed by atoms with van der Waals surface area (Å²) in [5.74, 6) is -0.0935. The molecule has 2 radical (unpaired) electrons. The molecule has 6 heteroatoms. The van der Waals surface area contributed by atoms with E-state index in [1.807, 2.05) is 0 Å². The van der Waals surface area contributed by atoms with Crippen molar-refractivity contribution in [3.05, 3.63) is 18.3 Å². The Bertz CT molecular complexity index is 298. The first-order valence-electron chi connectivity index (χ1n) is 3.84. The highest BCUT2D eigenvalue weighted by atomic mass is 19.4. The molecular formula is C8H7BF3NO. The highest BCUT2D eigenvalue weighted by molar-refractivity contribution is 6.32. The highest BCUT2D eigenvalue weighted by Gasteiger charge is 2.38. The molecule has 0 aromatic carbocycles. The lowest BCUT2D eigenvalue weighted by Gasteiger charge is -2.16. The van der Waals surface area contributed by atoms with Gasteiger partial charge in [-0.05, 0) is 13.0 Å². The zero-order valence-corrected chi connectivity index (χ0v) is 7.38. The zero-order valence-electron chi connectivity index (χ0n) is 7.38. The summed E-state index contributed by atoms with van der Waals surface area (Å²) >= 11 is 0. The van der Waals surface area contributed by atoms with Crippen molar-refractivity contribution in [3.8, 4) is 5.88 Å². The van der Waals surface area contributed by atoms with Crippen LogP contribution >= 0.6 is 0 Å². The molecule has 1 rings (SSSR count). The first kappa shape index (κ1) is 10.9. The summed E-state index contributed by atoms with van der Waals surface area (Å²) in [5.41, 5.74) is 0.372. The Kier molecular flexibility index (Phi) is 3.03. The van der Waals surface area contributed by atoms with Crippen LogP contribution in [0.2, 0.25) is 0 Å². The summed E-state index contributed by atoms with van der Waals surface area (Å²) < 4.78 is 40.7. The third-order valence-electron chi connectivity index (χ3n) is 1.52. The smallest absolute Gasteiger partial charge is 0.425 e. The number of aromatic nitrogens is 1. The Hall–Kier alpha value is -1.20. The molecule has 0 bridgehead atoms. The van der Waals surface area contributed by atoms with E-state index in [4.69, 9.17) is 7.85 Å². The Morgan fingerprint density at radius 1 is 1.43 bits per heavy atom. The second-order valence-corrected chi connectivity index (χ2v) is 2.73. The van der Waals surface area contributed by atoms with E-state index in [2.05, 4.69) is 9.72 Å². The second kappa shape index (κ2) is 3.90. The van der Waals surface area contributed by atoms with Crippen LogP contribution in [0.25, 0.3) is 0 Å². The van der Waals surface area contributed by atoms with Gasteiger partial charge in [0.2, 0.25) is 5.88 Å². The Morgan fingerprint density at radius 3 is 2.50 bits per heavy atom. The van der Waals surface area contributed by atoms with Crippen LogP contribution in [0.4, 0.5) is 13.2 Å². The summed E-state index contributed by atoms with van der Waals surface area (Å²) in [6, 6.07) is 2.71. The van der Waals surface area contributed by atoms with Gasteiger partial charge in [-0.3, -0.25) is 0 Å². The minimum atomic E-state index is -4.39. The fourth-order valence-electron chi connectivity index (χ4n) is 0.709. The van der Waals surface area contributed by atoms with Gasteiger partial charge in [-0.1, -0.05) is 11.5 Å². The largest absolute Gasteiger partial charge is 0.465 e. The maximum Gasteiger partial charge on any atom is 0.425 e. The van der Waals surface area contributed by atoms with Gasteiger partial charge in [0.05, 0.1) is 0 Å². The van der Waals surface area contributed by atoms with Crippen molar-refractivity contribution in [2.45, 2.75) is 19.2 Å². The highest BCUT2D eigenvalue weighted by Crippen LogP contribution is 2.23. The summed E-state index contributed by atoms with van der Waals surface area (Å²) in [6.45, 7) is 0.915. The summed E-state index contributed by atoms with van der Waals surface area (Å²) in [7, 11) is 5.30. The number of rotatable bonds is 2. The van der Waals surface area contributed by atoms with Crippen LogP contribution in [0.1, 0.15) is 6.92 Å². The van der Waals surface area contributed by atoms with E-state index < -0.39 is 12.3 Å². The van der Waals surface area contributed by atoms with Gasteiger partial charge in [0, 0.05) is 6.20 Å². The molecular weight excluding hydrogens is 194 g/mol. The minimum absolute atomic E-state index is 0.0935. The van der Waals surface area contributed by atoms with Crippen LogP contribution in [-0.4, -0.2) is 25.1 Å². The van der Waals surface area contributed by atoms with E-state index in [0.717, 1.165) is 6.92 Å². The number of pyridine rings is 1. The average molecular weight is 201 g/mol. The van der Waals surface area contributed by atoms with Crippen molar-refractivity contribution < 1.29 is 17.9 Å². The lowest BCUT2D eigenvalue weighted by Crippen LogP contribution is -2.31. The predicted molar refractivity (Wildman–Crippen MR) is 45.8 cm³/mol. The van der Waals surface area contributed by atoms with Crippen molar-refractivity contribution >= 4 is 13.3 Å². The number of alkyl halides is 3. The molecule has 74 valence electrons. The number of hydrogen-bond acceptors (Lipinski definition) is 2. The SMILES string of the molecule is [B]c1ccc(O[C@@H](C)C(F)(F)F)nc1.